The third-order valence-electron chi connectivity index (χ3n) is 1.89. The van der Waals surface area contributed by atoms with Crippen LogP contribution in [0.15, 0.2) is 12.1 Å². The molecule has 3 heteroatoms. The van der Waals surface area contributed by atoms with Crippen LogP contribution in [0.5, 0.6) is 11.5 Å². The summed E-state index contributed by atoms with van der Waals surface area (Å²) in [5.41, 5.74) is 1.82. The lowest BCUT2D eigenvalue weighted by Crippen LogP contribution is -1.90. The number of aryl methyl sites for hydroxylation is 1. The average Bonchev–Trinajstić information content (AvgIpc) is 2.07. The van der Waals surface area contributed by atoms with Gasteiger partial charge in [-0.1, -0.05) is 22.0 Å². The summed E-state index contributed by atoms with van der Waals surface area (Å²) in [6, 6.07) is 3.34. The summed E-state index contributed by atoms with van der Waals surface area (Å²) in [6.07, 6.45) is 0.861. The lowest BCUT2D eigenvalue weighted by Gasteiger charge is -2.06. The predicted molar refractivity (Wildman–Crippen MR) is 52.0 cm³/mol. The molecule has 0 radical (unpaired) electrons. The van der Waals surface area contributed by atoms with Gasteiger partial charge in [0, 0.05) is 5.33 Å². The highest BCUT2D eigenvalue weighted by Crippen LogP contribution is 2.30. The standard InChI is InChI=1S/C9H11BrO2/c1-6-7(4-5-10)2-3-8(11)9(6)12/h2-3,11-12H,4-5H2,1H3. The number of benzene rings is 1. The van der Waals surface area contributed by atoms with E-state index in [1.807, 2.05) is 6.07 Å². The quantitative estimate of drug-likeness (QED) is 0.605. The highest BCUT2D eigenvalue weighted by Gasteiger charge is 2.06. The first kappa shape index (κ1) is 9.39. The first-order chi connectivity index (χ1) is 5.66. The van der Waals surface area contributed by atoms with E-state index in [9.17, 15) is 5.11 Å². The molecular weight excluding hydrogens is 220 g/mol. The Hall–Kier alpha value is -0.700. The highest BCUT2D eigenvalue weighted by molar-refractivity contribution is 9.09. The summed E-state index contributed by atoms with van der Waals surface area (Å²) in [4.78, 5) is 0. The van der Waals surface area contributed by atoms with Crippen molar-refractivity contribution >= 4 is 15.9 Å². The number of hydrogen-bond donors (Lipinski definition) is 2. The Kier molecular flexibility index (Phi) is 2.98. The van der Waals surface area contributed by atoms with Gasteiger partial charge in [-0.3, -0.25) is 0 Å². The minimum absolute atomic E-state index is 0.00606. The van der Waals surface area contributed by atoms with E-state index in [1.54, 1.807) is 6.92 Å². The normalized spacial score (nSPS) is 10.2. The Balaban J connectivity index is 3.08. The molecule has 0 heterocycles. The zero-order valence-corrected chi connectivity index (χ0v) is 8.43. The maximum atomic E-state index is 9.35. The minimum atomic E-state index is -0.0502. The Bertz CT molecular complexity index is 284. The van der Waals surface area contributed by atoms with E-state index in [1.165, 1.54) is 6.07 Å². The smallest absolute Gasteiger partial charge is 0.160 e. The zero-order chi connectivity index (χ0) is 9.14. The number of rotatable bonds is 2. The molecule has 0 aliphatic heterocycles. The number of hydrogen-bond acceptors (Lipinski definition) is 2. The molecule has 12 heavy (non-hydrogen) atoms. The van der Waals surface area contributed by atoms with Crippen molar-refractivity contribution in [3.05, 3.63) is 23.3 Å². The van der Waals surface area contributed by atoms with Crippen molar-refractivity contribution in [2.24, 2.45) is 0 Å². The Labute approximate surface area is 80.0 Å². The van der Waals surface area contributed by atoms with E-state index < -0.39 is 0 Å². The molecule has 0 aliphatic rings. The Morgan fingerprint density at radius 3 is 2.58 bits per heavy atom. The molecule has 1 rings (SSSR count). The van der Waals surface area contributed by atoms with Crippen molar-refractivity contribution < 1.29 is 10.2 Å². The van der Waals surface area contributed by atoms with Gasteiger partial charge in [0.05, 0.1) is 0 Å². The van der Waals surface area contributed by atoms with Crippen LogP contribution in [-0.2, 0) is 6.42 Å². The fraction of sp³-hybridized carbons (Fsp3) is 0.333. The molecule has 0 atom stereocenters. The summed E-state index contributed by atoms with van der Waals surface area (Å²) in [6.45, 7) is 1.80. The number of phenols is 2. The third-order valence-corrected chi connectivity index (χ3v) is 2.28. The van der Waals surface area contributed by atoms with Gasteiger partial charge in [-0.25, -0.2) is 0 Å². The van der Waals surface area contributed by atoms with Gasteiger partial charge in [0.2, 0.25) is 0 Å². The minimum Gasteiger partial charge on any atom is -0.504 e. The van der Waals surface area contributed by atoms with Crippen LogP contribution in [0.1, 0.15) is 11.1 Å². The predicted octanol–water partition coefficient (Wildman–Crippen LogP) is 2.34. The van der Waals surface area contributed by atoms with Crippen LogP contribution in [0, 0.1) is 6.92 Å². The van der Waals surface area contributed by atoms with E-state index in [0.717, 1.165) is 22.9 Å². The summed E-state index contributed by atoms with van der Waals surface area (Å²) < 4.78 is 0. The van der Waals surface area contributed by atoms with E-state index >= 15 is 0 Å². The van der Waals surface area contributed by atoms with Gasteiger partial charge in [-0.2, -0.15) is 0 Å². The van der Waals surface area contributed by atoms with Gasteiger partial charge in [-0.15, -0.1) is 0 Å². The van der Waals surface area contributed by atoms with Crippen LogP contribution in [0.2, 0.25) is 0 Å². The maximum absolute atomic E-state index is 9.35. The second-order valence-corrected chi connectivity index (χ2v) is 3.45. The van der Waals surface area contributed by atoms with Crippen molar-refractivity contribution in [3.63, 3.8) is 0 Å². The van der Waals surface area contributed by atoms with Gasteiger partial charge in [0.1, 0.15) is 0 Å². The molecule has 1 aromatic carbocycles. The second-order valence-electron chi connectivity index (χ2n) is 2.66. The SMILES string of the molecule is Cc1c(CCBr)ccc(O)c1O. The molecule has 0 unspecified atom stereocenters. The lowest BCUT2D eigenvalue weighted by atomic mass is 10.1. The van der Waals surface area contributed by atoms with Crippen molar-refractivity contribution in [1.82, 2.24) is 0 Å². The first-order valence-electron chi connectivity index (χ1n) is 3.73. The summed E-state index contributed by atoms with van der Waals surface area (Å²) in [5, 5.41) is 19.3. The molecule has 2 nitrogen and oxygen atoms in total. The van der Waals surface area contributed by atoms with Crippen LogP contribution in [0.3, 0.4) is 0 Å². The fourth-order valence-corrected chi connectivity index (χ4v) is 1.53. The Morgan fingerprint density at radius 2 is 2.00 bits per heavy atom. The number of alkyl halides is 1. The van der Waals surface area contributed by atoms with Crippen LogP contribution < -0.4 is 0 Å². The van der Waals surface area contributed by atoms with Gasteiger partial charge in [0.15, 0.2) is 11.5 Å². The first-order valence-corrected chi connectivity index (χ1v) is 4.85. The van der Waals surface area contributed by atoms with Crippen LogP contribution in [0.25, 0.3) is 0 Å². The van der Waals surface area contributed by atoms with E-state index in [0.29, 0.717) is 0 Å². The zero-order valence-electron chi connectivity index (χ0n) is 6.84. The lowest BCUT2D eigenvalue weighted by molar-refractivity contribution is 0.400. The largest absolute Gasteiger partial charge is 0.504 e. The monoisotopic (exact) mass is 230 g/mol. The highest BCUT2D eigenvalue weighted by atomic mass is 79.9. The van der Waals surface area contributed by atoms with Gasteiger partial charge in [-0.05, 0) is 30.5 Å². The molecule has 0 spiro atoms. The summed E-state index contributed by atoms with van der Waals surface area (Å²) in [7, 11) is 0. The molecule has 0 saturated heterocycles. The van der Waals surface area contributed by atoms with Crippen molar-refractivity contribution in [2.75, 3.05) is 5.33 Å². The molecule has 0 amide bonds. The average molecular weight is 231 g/mol. The maximum Gasteiger partial charge on any atom is 0.160 e. The van der Waals surface area contributed by atoms with E-state index in [-0.39, 0.29) is 11.5 Å². The molecule has 0 aliphatic carbocycles. The van der Waals surface area contributed by atoms with Gasteiger partial charge >= 0.3 is 0 Å². The van der Waals surface area contributed by atoms with Crippen LogP contribution >= 0.6 is 15.9 Å². The summed E-state index contributed by atoms with van der Waals surface area (Å²) in [5.74, 6) is -0.0562. The van der Waals surface area contributed by atoms with E-state index in [4.69, 9.17) is 5.11 Å². The van der Waals surface area contributed by atoms with Crippen LogP contribution in [-0.4, -0.2) is 15.5 Å². The molecule has 0 saturated carbocycles. The number of aromatic hydroxyl groups is 2. The second kappa shape index (κ2) is 3.81. The van der Waals surface area contributed by atoms with Crippen molar-refractivity contribution in [2.45, 2.75) is 13.3 Å². The molecule has 0 fully saturated rings. The molecule has 0 aromatic heterocycles. The summed E-state index contributed by atoms with van der Waals surface area (Å²) >= 11 is 3.32. The number of phenolic OH excluding ortho intramolecular Hbond substituents is 2. The molecule has 66 valence electrons. The number of halogens is 1. The van der Waals surface area contributed by atoms with Crippen molar-refractivity contribution in [3.8, 4) is 11.5 Å². The molecule has 2 N–H and O–H groups in total. The topological polar surface area (TPSA) is 40.5 Å². The fourth-order valence-electron chi connectivity index (χ4n) is 1.10. The Morgan fingerprint density at radius 1 is 1.33 bits per heavy atom. The van der Waals surface area contributed by atoms with Gasteiger partial charge in [0.25, 0.3) is 0 Å². The van der Waals surface area contributed by atoms with Gasteiger partial charge < -0.3 is 10.2 Å². The third kappa shape index (κ3) is 1.72. The van der Waals surface area contributed by atoms with Crippen molar-refractivity contribution in [1.29, 1.82) is 0 Å². The molecular formula is C9H11BrO2. The molecule has 0 bridgehead atoms. The van der Waals surface area contributed by atoms with E-state index in [2.05, 4.69) is 15.9 Å². The van der Waals surface area contributed by atoms with Crippen LogP contribution in [0.4, 0.5) is 0 Å². The molecule has 1 aromatic rings.